The molecule has 0 aliphatic heterocycles. The second-order valence-electron chi connectivity index (χ2n) is 5.71. The monoisotopic (exact) mass is 342 g/mol. The molecule has 3 rings (SSSR count). The van der Waals surface area contributed by atoms with Gasteiger partial charge in [0.15, 0.2) is 11.3 Å². The van der Waals surface area contributed by atoms with Crippen LogP contribution in [-0.2, 0) is 0 Å². The summed E-state index contributed by atoms with van der Waals surface area (Å²) >= 11 is 0. The number of nitrogens with zero attached hydrogens (tertiary/aromatic N) is 3. The van der Waals surface area contributed by atoms with Crippen molar-refractivity contribution in [2.45, 2.75) is 32.0 Å². The van der Waals surface area contributed by atoms with Gasteiger partial charge in [0.05, 0.1) is 6.20 Å². The van der Waals surface area contributed by atoms with Gasteiger partial charge in [-0.3, -0.25) is 4.79 Å². The molecule has 24 heavy (non-hydrogen) atoms. The van der Waals surface area contributed by atoms with E-state index in [4.69, 9.17) is 5.11 Å². The van der Waals surface area contributed by atoms with E-state index in [1.165, 1.54) is 10.6 Å². The lowest BCUT2D eigenvalue weighted by Crippen LogP contribution is -2.46. The van der Waals surface area contributed by atoms with Gasteiger partial charge in [0, 0.05) is 5.69 Å². The molecule has 2 N–H and O–H groups in total. The fourth-order valence-electron chi connectivity index (χ4n) is 2.50. The van der Waals surface area contributed by atoms with E-state index < -0.39 is 30.0 Å². The Bertz CT molecular complexity index is 827. The largest absolute Gasteiger partial charge is 0.477 e. The van der Waals surface area contributed by atoms with Crippen LogP contribution in [0.1, 0.15) is 39.4 Å². The normalized spacial score (nSPS) is 16.2. The number of halogens is 3. The van der Waals surface area contributed by atoms with Crippen LogP contribution >= 0.6 is 0 Å². The molecule has 7 nitrogen and oxygen atoms in total. The summed E-state index contributed by atoms with van der Waals surface area (Å²) in [6.07, 6.45) is -2.66. The minimum Gasteiger partial charge on any atom is -0.477 e. The molecule has 1 amide bonds. The van der Waals surface area contributed by atoms with Gasteiger partial charge in [-0.15, -0.1) is 0 Å². The van der Waals surface area contributed by atoms with Gasteiger partial charge >= 0.3 is 12.1 Å². The predicted molar refractivity (Wildman–Crippen MR) is 74.7 cm³/mol. The zero-order valence-electron chi connectivity index (χ0n) is 12.5. The first-order chi connectivity index (χ1) is 11.2. The number of carbonyl (C=O) groups excluding carboxylic acids is 1. The Morgan fingerprint density at radius 1 is 1.42 bits per heavy atom. The average molecular weight is 342 g/mol. The number of hydrogen-bond donors (Lipinski definition) is 2. The first-order valence-electron chi connectivity index (χ1n) is 7.14. The molecule has 1 atom stereocenters. The maximum absolute atomic E-state index is 13.0. The van der Waals surface area contributed by atoms with Gasteiger partial charge in [0.25, 0.3) is 5.91 Å². The molecule has 1 unspecified atom stereocenters. The van der Waals surface area contributed by atoms with Crippen molar-refractivity contribution in [1.82, 2.24) is 19.9 Å². The molecule has 1 saturated carbocycles. The van der Waals surface area contributed by atoms with Crippen LogP contribution in [0.2, 0.25) is 0 Å². The average Bonchev–Trinajstić information content (AvgIpc) is 3.21. The van der Waals surface area contributed by atoms with Crippen molar-refractivity contribution in [3.63, 3.8) is 0 Å². The summed E-state index contributed by atoms with van der Waals surface area (Å²) in [6, 6.07) is -0.670. The predicted octanol–water partition coefficient (Wildman–Crippen LogP) is 1.81. The fraction of sp³-hybridized carbons (Fsp3) is 0.429. The maximum atomic E-state index is 13.0. The first kappa shape index (κ1) is 16.2. The molecule has 2 aromatic rings. The number of hydrogen-bond acceptors (Lipinski definition) is 4. The maximum Gasteiger partial charge on any atom is 0.408 e. The van der Waals surface area contributed by atoms with Crippen LogP contribution in [0.4, 0.5) is 13.2 Å². The van der Waals surface area contributed by atoms with Crippen molar-refractivity contribution in [3.05, 3.63) is 29.2 Å². The lowest BCUT2D eigenvalue weighted by Gasteiger charge is -2.20. The van der Waals surface area contributed by atoms with Crippen LogP contribution in [0.25, 0.3) is 5.65 Å². The first-order valence-corrected chi connectivity index (χ1v) is 7.14. The highest BCUT2D eigenvalue weighted by molar-refractivity contribution is 6.00. The van der Waals surface area contributed by atoms with Crippen LogP contribution in [0.5, 0.6) is 0 Å². The molecule has 1 aliphatic carbocycles. The molecular formula is C14H13F3N4O3. The lowest BCUT2D eigenvalue weighted by molar-refractivity contribution is -0.158. The van der Waals surface area contributed by atoms with Gasteiger partial charge in [-0.2, -0.15) is 18.3 Å². The van der Waals surface area contributed by atoms with E-state index in [1.807, 2.05) is 5.32 Å². The van der Waals surface area contributed by atoms with Crippen LogP contribution in [0.15, 0.2) is 12.3 Å². The molecular weight excluding hydrogens is 329 g/mol. The SMILES string of the molecule is Cc1cc(C(=O)O)nc2c(C(=O)NC(C3CC3)C(F)(F)F)cnn12. The summed E-state index contributed by atoms with van der Waals surface area (Å²) in [5.74, 6) is -2.91. The second-order valence-corrected chi connectivity index (χ2v) is 5.71. The highest BCUT2D eigenvalue weighted by Crippen LogP contribution is 2.40. The Balaban J connectivity index is 1.96. The number of carboxylic acid groups (broad SMARTS) is 1. The summed E-state index contributed by atoms with van der Waals surface area (Å²) < 4.78 is 40.3. The molecule has 0 saturated heterocycles. The Labute approximate surface area is 133 Å². The number of aromatic carboxylic acids is 1. The van der Waals surface area contributed by atoms with Gasteiger partial charge in [-0.1, -0.05) is 0 Å². The number of amides is 1. The number of carboxylic acids is 1. The van der Waals surface area contributed by atoms with Crippen molar-refractivity contribution >= 4 is 17.5 Å². The van der Waals surface area contributed by atoms with E-state index >= 15 is 0 Å². The van der Waals surface area contributed by atoms with E-state index in [-0.39, 0.29) is 16.9 Å². The molecule has 0 bridgehead atoms. The Morgan fingerprint density at radius 2 is 2.08 bits per heavy atom. The minimum atomic E-state index is -4.55. The van der Waals surface area contributed by atoms with Gasteiger partial charge < -0.3 is 10.4 Å². The van der Waals surface area contributed by atoms with Crippen LogP contribution < -0.4 is 5.32 Å². The summed E-state index contributed by atoms with van der Waals surface area (Å²) in [5, 5.41) is 14.9. The zero-order valence-corrected chi connectivity index (χ0v) is 12.5. The lowest BCUT2D eigenvalue weighted by atomic mass is 10.1. The molecule has 2 aromatic heterocycles. The second kappa shape index (κ2) is 5.46. The number of aryl methyl sites for hydroxylation is 1. The van der Waals surface area contributed by atoms with Crippen molar-refractivity contribution in [3.8, 4) is 0 Å². The smallest absolute Gasteiger partial charge is 0.408 e. The van der Waals surface area contributed by atoms with Crippen LogP contribution in [-0.4, -0.2) is 43.8 Å². The summed E-state index contributed by atoms with van der Waals surface area (Å²) in [4.78, 5) is 27.1. The van der Waals surface area contributed by atoms with Crippen LogP contribution in [0, 0.1) is 12.8 Å². The molecule has 10 heteroatoms. The molecule has 1 aliphatic rings. The highest BCUT2D eigenvalue weighted by Gasteiger charge is 2.49. The van der Waals surface area contributed by atoms with Gasteiger partial charge in [-0.25, -0.2) is 14.3 Å². The van der Waals surface area contributed by atoms with E-state index in [2.05, 4.69) is 10.1 Å². The van der Waals surface area contributed by atoms with E-state index in [1.54, 1.807) is 6.92 Å². The molecule has 128 valence electrons. The van der Waals surface area contributed by atoms with E-state index in [0.717, 1.165) is 6.20 Å². The standard InChI is InChI=1S/C14H13F3N4O3/c1-6-4-9(13(23)24)19-11-8(5-18-21(6)11)12(22)20-10(7-2-3-7)14(15,16)17/h4-5,7,10H,2-3H2,1H3,(H,20,22)(H,23,24). The number of fused-ring (bicyclic) bond motifs is 1. The number of alkyl halides is 3. The Hall–Kier alpha value is -2.65. The molecule has 1 fully saturated rings. The number of aromatic nitrogens is 3. The van der Waals surface area contributed by atoms with Crippen molar-refractivity contribution < 1.29 is 27.9 Å². The van der Waals surface area contributed by atoms with Crippen LogP contribution in [0.3, 0.4) is 0 Å². The summed E-state index contributed by atoms with van der Waals surface area (Å²) in [7, 11) is 0. The molecule has 0 radical (unpaired) electrons. The molecule has 2 heterocycles. The number of rotatable bonds is 4. The zero-order chi connectivity index (χ0) is 17.6. The Morgan fingerprint density at radius 3 is 2.62 bits per heavy atom. The van der Waals surface area contributed by atoms with Gasteiger partial charge in [-0.05, 0) is 31.7 Å². The molecule has 0 spiro atoms. The Kier molecular flexibility index (Phi) is 3.69. The third-order valence-corrected chi connectivity index (χ3v) is 3.85. The fourth-order valence-corrected chi connectivity index (χ4v) is 2.50. The number of carbonyl (C=O) groups is 2. The molecule has 0 aromatic carbocycles. The third-order valence-electron chi connectivity index (χ3n) is 3.85. The van der Waals surface area contributed by atoms with E-state index in [9.17, 15) is 22.8 Å². The van der Waals surface area contributed by atoms with Crippen molar-refractivity contribution in [2.24, 2.45) is 5.92 Å². The quantitative estimate of drug-likeness (QED) is 0.883. The third kappa shape index (κ3) is 2.91. The number of nitrogens with one attached hydrogen (secondary N) is 1. The summed E-state index contributed by atoms with van der Waals surface area (Å²) in [6.45, 7) is 1.55. The van der Waals surface area contributed by atoms with Gasteiger partial charge in [0.2, 0.25) is 0 Å². The topological polar surface area (TPSA) is 96.6 Å². The summed E-state index contributed by atoms with van der Waals surface area (Å²) in [5.41, 5.74) is -0.215. The van der Waals surface area contributed by atoms with E-state index in [0.29, 0.717) is 18.5 Å². The minimum absolute atomic E-state index is 0.0957. The van der Waals surface area contributed by atoms with Crippen molar-refractivity contribution in [2.75, 3.05) is 0 Å². The van der Waals surface area contributed by atoms with Gasteiger partial charge in [0.1, 0.15) is 11.6 Å². The highest BCUT2D eigenvalue weighted by atomic mass is 19.4. The van der Waals surface area contributed by atoms with Crippen molar-refractivity contribution in [1.29, 1.82) is 0 Å².